The summed E-state index contributed by atoms with van der Waals surface area (Å²) in [6.07, 6.45) is 0.401. The Balaban J connectivity index is 1.12. The van der Waals surface area contributed by atoms with Crippen LogP contribution in [0.15, 0.2) is 79.1 Å². The quantitative estimate of drug-likeness (QED) is 0.132. The monoisotopic (exact) mass is 665 g/mol. The SMILES string of the molecule is C[C@H](NP(=O)(OC[C@@]1(C)O[C@@H](c2ccc3c(N)ncnn23)[C@H](O)[C@@H]1O)Oc1ccccc1)C(=O)O[C@H]1CC[C@H](c2ccccc2)CC1. The van der Waals surface area contributed by atoms with Crippen LogP contribution < -0.4 is 15.3 Å². The van der Waals surface area contributed by atoms with Crippen LogP contribution in [0.25, 0.3) is 5.52 Å². The minimum Gasteiger partial charge on any atom is -0.461 e. The number of nitrogen functional groups attached to an aromatic ring is 1. The number of carbonyl (C=O) groups excluding carboxylic acids is 1. The normalized spacial score (nSPS) is 28.0. The topological polar surface area (TPSA) is 180 Å². The Hall–Kier alpha value is -3.84. The molecule has 0 bridgehead atoms. The van der Waals surface area contributed by atoms with Gasteiger partial charge in [0.15, 0.2) is 5.82 Å². The average Bonchev–Trinajstić information content (AvgIpc) is 3.61. The Morgan fingerprint density at radius 2 is 1.77 bits per heavy atom. The van der Waals surface area contributed by atoms with Crippen molar-refractivity contribution in [3.63, 3.8) is 0 Å². The second kappa shape index (κ2) is 13.7. The highest BCUT2D eigenvalue weighted by molar-refractivity contribution is 7.52. The molecule has 47 heavy (non-hydrogen) atoms. The van der Waals surface area contributed by atoms with Gasteiger partial charge in [0.25, 0.3) is 0 Å². The van der Waals surface area contributed by atoms with Crippen molar-refractivity contribution < 1.29 is 38.1 Å². The summed E-state index contributed by atoms with van der Waals surface area (Å²) in [5, 5.41) is 29.0. The van der Waals surface area contributed by atoms with Crippen molar-refractivity contribution in [3.05, 3.63) is 90.4 Å². The predicted molar refractivity (Wildman–Crippen MR) is 172 cm³/mol. The maximum absolute atomic E-state index is 14.2. The molecule has 0 spiro atoms. The van der Waals surface area contributed by atoms with Gasteiger partial charge in [-0.2, -0.15) is 10.2 Å². The molecule has 13 nitrogen and oxygen atoms in total. The van der Waals surface area contributed by atoms with Crippen molar-refractivity contribution >= 4 is 25.1 Å². The fourth-order valence-electron chi connectivity index (χ4n) is 6.22. The number of esters is 1. The molecule has 6 atom stereocenters. The zero-order valence-corrected chi connectivity index (χ0v) is 27.1. The number of benzene rings is 2. The third-order valence-corrected chi connectivity index (χ3v) is 10.5. The Morgan fingerprint density at radius 1 is 1.09 bits per heavy atom. The van der Waals surface area contributed by atoms with Crippen LogP contribution in [0, 0.1) is 0 Å². The van der Waals surface area contributed by atoms with Gasteiger partial charge in [-0.25, -0.2) is 14.1 Å². The number of rotatable bonds is 11. The minimum atomic E-state index is -4.29. The van der Waals surface area contributed by atoms with E-state index in [2.05, 4.69) is 27.3 Å². The van der Waals surface area contributed by atoms with Gasteiger partial charge in [0, 0.05) is 0 Å². The Bertz CT molecular complexity index is 1720. The summed E-state index contributed by atoms with van der Waals surface area (Å²) < 4.78 is 39.3. The summed E-state index contributed by atoms with van der Waals surface area (Å²) in [7, 11) is -4.29. The van der Waals surface area contributed by atoms with E-state index in [9.17, 15) is 19.6 Å². The van der Waals surface area contributed by atoms with Crippen LogP contribution in [0.2, 0.25) is 0 Å². The first-order valence-electron chi connectivity index (χ1n) is 15.7. The highest BCUT2D eigenvalue weighted by Gasteiger charge is 2.54. The Labute approximate surface area is 272 Å². The van der Waals surface area contributed by atoms with Gasteiger partial charge in [0.2, 0.25) is 0 Å². The molecule has 6 rings (SSSR count). The number of carbonyl (C=O) groups is 1. The van der Waals surface area contributed by atoms with Crippen LogP contribution in [-0.2, 0) is 23.4 Å². The van der Waals surface area contributed by atoms with E-state index in [0.29, 0.717) is 17.1 Å². The van der Waals surface area contributed by atoms with E-state index in [1.54, 1.807) is 42.5 Å². The molecule has 1 aliphatic heterocycles. The minimum absolute atomic E-state index is 0.232. The molecule has 3 heterocycles. The molecule has 2 aromatic heterocycles. The van der Waals surface area contributed by atoms with Gasteiger partial charge in [-0.15, -0.1) is 0 Å². The number of nitrogens with one attached hydrogen (secondary N) is 1. The number of hydrogen-bond donors (Lipinski definition) is 4. The van der Waals surface area contributed by atoms with Crippen LogP contribution in [0.3, 0.4) is 0 Å². The van der Waals surface area contributed by atoms with Gasteiger partial charge in [0.05, 0.1) is 12.3 Å². The molecular weight excluding hydrogens is 625 g/mol. The molecule has 2 aliphatic rings. The molecule has 5 N–H and O–H groups in total. The molecule has 4 aromatic rings. The maximum Gasteiger partial charge on any atom is 0.459 e. The summed E-state index contributed by atoms with van der Waals surface area (Å²) in [4.78, 5) is 17.2. The van der Waals surface area contributed by atoms with Crippen molar-refractivity contribution in [2.75, 3.05) is 12.3 Å². The van der Waals surface area contributed by atoms with Crippen molar-refractivity contribution in [2.24, 2.45) is 0 Å². The van der Waals surface area contributed by atoms with Gasteiger partial charge in [0.1, 0.15) is 53.7 Å². The van der Waals surface area contributed by atoms with E-state index < -0.39 is 50.3 Å². The van der Waals surface area contributed by atoms with E-state index in [1.165, 1.54) is 30.3 Å². The summed E-state index contributed by atoms with van der Waals surface area (Å²) >= 11 is 0. The number of fused-ring (bicyclic) bond motifs is 1. The highest BCUT2D eigenvalue weighted by Crippen LogP contribution is 2.48. The lowest BCUT2D eigenvalue weighted by Gasteiger charge is -2.31. The first kappa shape index (κ1) is 33.1. The van der Waals surface area contributed by atoms with Crippen molar-refractivity contribution in [3.8, 4) is 5.75 Å². The number of para-hydroxylation sites is 1. The standard InChI is InChI=1S/C33H40N5O8P/c1-21(32(41)44-24-15-13-23(14-16-24)22-9-5-3-6-10-22)37-47(42,46-25-11-7-4-8-12-25)43-19-33(2)30(40)28(39)29(45-33)26-17-18-27-31(34)35-20-36-38(26)27/h3-12,17-18,20-21,23-24,28-30,39-40H,13-16,19H2,1-2H3,(H,37,42)(H2,34,35,36)/t21-,23-,24-,28-,29-,30-,33+,47?/m0/s1. The molecular formula is C33H40N5O8P. The number of nitrogens with zero attached hydrogens (tertiary/aromatic N) is 3. The predicted octanol–water partition coefficient (Wildman–Crippen LogP) is 4.31. The maximum atomic E-state index is 14.2. The molecule has 250 valence electrons. The van der Waals surface area contributed by atoms with Crippen molar-refractivity contribution in [1.82, 2.24) is 19.7 Å². The molecule has 2 fully saturated rings. The smallest absolute Gasteiger partial charge is 0.459 e. The van der Waals surface area contributed by atoms with Crippen LogP contribution >= 0.6 is 7.75 Å². The molecule has 1 saturated carbocycles. The molecule has 1 unspecified atom stereocenters. The largest absolute Gasteiger partial charge is 0.461 e. The van der Waals surface area contributed by atoms with E-state index in [4.69, 9.17) is 24.3 Å². The molecule has 0 amide bonds. The van der Waals surface area contributed by atoms with E-state index in [-0.39, 0.29) is 17.7 Å². The van der Waals surface area contributed by atoms with E-state index in [0.717, 1.165) is 25.7 Å². The zero-order chi connectivity index (χ0) is 33.2. The van der Waals surface area contributed by atoms with Gasteiger partial charge in [-0.1, -0.05) is 48.5 Å². The van der Waals surface area contributed by atoms with E-state index >= 15 is 0 Å². The molecule has 0 radical (unpaired) electrons. The number of aliphatic hydroxyl groups excluding tert-OH is 2. The number of anilines is 1. The first-order valence-corrected chi connectivity index (χ1v) is 17.2. The lowest BCUT2D eigenvalue weighted by molar-refractivity contribution is -0.152. The molecule has 1 aliphatic carbocycles. The van der Waals surface area contributed by atoms with Gasteiger partial charge in [-0.3, -0.25) is 9.32 Å². The number of hydrogen-bond acceptors (Lipinski definition) is 11. The Kier molecular flexibility index (Phi) is 9.65. The first-order chi connectivity index (χ1) is 22.6. The number of aromatic nitrogens is 3. The van der Waals surface area contributed by atoms with Crippen LogP contribution in [-0.4, -0.2) is 67.3 Å². The van der Waals surface area contributed by atoms with Gasteiger partial charge in [-0.05, 0) is 75.3 Å². The average molecular weight is 666 g/mol. The summed E-state index contributed by atoms with van der Waals surface area (Å²) in [6.45, 7) is 2.58. The van der Waals surface area contributed by atoms with Crippen LogP contribution in [0.4, 0.5) is 5.82 Å². The molecule has 2 aromatic carbocycles. The summed E-state index contributed by atoms with van der Waals surface area (Å²) in [5.41, 5.74) is 6.64. The molecule has 1 saturated heterocycles. The fraction of sp³-hybridized carbons (Fsp3) is 0.424. The van der Waals surface area contributed by atoms with Gasteiger partial charge >= 0.3 is 13.7 Å². The summed E-state index contributed by atoms with van der Waals surface area (Å²) in [6, 6.07) is 21.0. The van der Waals surface area contributed by atoms with Crippen molar-refractivity contribution in [2.45, 2.75) is 81.5 Å². The van der Waals surface area contributed by atoms with Crippen LogP contribution in [0.1, 0.15) is 62.8 Å². The number of nitrogens with two attached hydrogens (primary N) is 1. The second-order valence-electron chi connectivity index (χ2n) is 12.3. The lowest BCUT2D eigenvalue weighted by atomic mass is 9.83. The highest BCUT2D eigenvalue weighted by atomic mass is 31.2. The summed E-state index contributed by atoms with van der Waals surface area (Å²) in [5.74, 6) is 0.304. The van der Waals surface area contributed by atoms with Crippen molar-refractivity contribution in [1.29, 1.82) is 0 Å². The third-order valence-electron chi connectivity index (χ3n) is 8.88. The zero-order valence-electron chi connectivity index (χ0n) is 26.2. The second-order valence-corrected chi connectivity index (χ2v) is 14.0. The number of aliphatic hydroxyl groups is 2. The number of ether oxygens (including phenoxy) is 2. The fourth-order valence-corrected chi connectivity index (χ4v) is 7.80. The lowest BCUT2D eigenvalue weighted by Crippen LogP contribution is -2.45. The van der Waals surface area contributed by atoms with Gasteiger partial charge < -0.3 is 29.9 Å². The molecule has 14 heteroatoms. The third kappa shape index (κ3) is 7.20. The Morgan fingerprint density at radius 3 is 2.47 bits per heavy atom. The van der Waals surface area contributed by atoms with E-state index in [1.807, 2.05) is 18.2 Å². The van der Waals surface area contributed by atoms with Crippen LogP contribution in [0.5, 0.6) is 5.75 Å².